The van der Waals surface area contributed by atoms with Crippen LogP contribution in [0.4, 0.5) is 0 Å². The highest BCUT2D eigenvalue weighted by molar-refractivity contribution is 5.44. The van der Waals surface area contributed by atoms with Gasteiger partial charge in [-0.1, -0.05) is 12.1 Å². The monoisotopic (exact) mass is 253 g/mol. The fourth-order valence-electron chi connectivity index (χ4n) is 1.94. The molecule has 1 aromatic rings. The predicted molar refractivity (Wildman–Crippen MR) is 69.9 cm³/mol. The number of nitriles is 3. The molecule has 0 atom stereocenters. The molecule has 1 aromatic carbocycles. The molecule has 96 valence electrons. The zero-order chi connectivity index (χ0) is 14.1. The Hall–Kier alpha value is -2.51. The number of phenolic OH excluding ortho intramolecular Hbond substituents is 1. The first-order chi connectivity index (χ1) is 9.22. The Morgan fingerprint density at radius 3 is 1.63 bits per heavy atom. The smallest absolute Gasteiger partial charge is 0.122 e. The molecule has 0 aromatic heterocycles. The summed E-state index contributed by atoms with van der Waals surface area (Å²) >= 11 is 0. The van der Waals surface area contributed by atoms with Crippen LogP contribution in [0.1, 0.15) is 36.0 Å². The topological polar surface area (TPSA) is 91.6 Å². The van der Waals surface area contributed by atoms with E-state index >= 15 is 0 Å². The fourth-order valence-corrected chi connectivity index (χ4v) is 1.94. The lowest BCUT2D eigenvalue weighted by atomic mass is 9.96. The summed E-state index contributed by atoms with van der Waals surface area (Å²) in [6, 6.07) is 9.89. The molecular formula is C15H15N3O. The van der Waals surface area contributed by atoms with Crippen molar-refractivity contribution in [1.82, 2.24) is 0 Å². The summed E-state index contributed by atoms with van der Waals surface area (Å²) in [6.07, 6.45) is 2.69. The summed E-state index contributed by atoms with van der Waals surface area (Å²) in [5.74, 6) is 0.186. The number of hydrogen-bond donors (Lipinski definition) is 1. The second-order valence-corrected chi connectivity index (χ2v) is 4.24. The van der Waals surface area contributed by atoms with Gasteiger partial charge in [-0.05, 0) is 36.0 Å². The molecule has 0 radical (unpaired) electrons. The van der Waals surface area contributed by atoms with Crippen LogP contribution in [0.3, 0.4) is 0 Å². The lowest BCUT2D eigenvalue weighted by Gasteiger charge is -2.11. The first-order valence-corrected chi connectivity index (χ1v) is 6.17. The van der Waals surface area contributed by atoms with Crippen LogP contribution in [0.15, 0.2) is 12.1 Å². The van der Waals surface area contributed by atoms with E-state index < -0.39 is 0 Å². The predicted octanol–water partition coefficient (Wildman–Crippen LogP) is 2.76. The van der Waals surface area contributed by atoms with E-state index in [9.17, 15) is 5.11 Å². The van der Waals surface area contributed by atoms with E-state index in [4.69, 9.17) is 15.8 Å². The molecule has 4 heteroatoms. The summed E-state index contributed by atoms with van der Waals surface area (Å²) in [7, 11) is 0. The second kappa shape index (κ2) is 7.75. The minimum atomic E-state index is 0.186. The van der Waals surface area contributed by atoms with Gasteiger partial charge in [0.2, 0.25) is 0 Å². The molecule has 0 spiro atoms. The molecule has 1 N–H and O–H groups in total. The molecule has 0 bridgehead atoms. The van der Waals surface area contributed by atoms with E-state index in [-0.39, 0.29) is 5.75 Å². The third kappa shape index (κ3) is 4.34. The lowest BCUT2D eigenvalue weighted by molar-refractivity contribution is 0.460. The molecule has 1 rings (SSSR count). The van der Waals surface area contributed by atoms with Crippen molar-refractivity contribution in [3.63, 3.8) is 0 Å². The van der Waals surface area contributed by atoms with Crippen molar-refractivity contribution in [3.05, 3.63) is 28.8 Å². The van der Waals surface area contributed by atoms with Crippen LogP contribution in [0, 0.1) is 34.0 Å². The van der Waals surface area contributed by atoms with Crippen LogP contribution in [-0.2, 0) is 19.3 Å². The first kappa shape index (κ1) is 14.6. The van der Waals surface area contributed by atoms with Crippen molar-refractivity contribution < 1.29 is 5.11 Å². The molecule has 0 saturated carbocycles. The maximum atomic E-state index is 10.1. The molecule has 4 nitrogen and oxygen atoms in total. The van der Waals surface area contributed by atoms with Crippen molar-refractivity contribution in [1.29, 1.82) is 15.8 Å². The van der Waals surface area contributed by atoms with Crippen LogP contribution in [-0.4, -0.2) is 5.11 Å². The Balaban J connectivity index is 3.04. The van der Waals surface area contributed by atoms with E-state index in [1.54, 1.807) is 0 Å². The second-order valence-electron chi connectivity index (χ2n) is 4.24. The Labute approximate surface area is 113 Å². The summed E-state index contributed by atoms with van der Waals surface area (Å²) < 4.78 is 0. The van der Waals surface area contributed by atoms with Gasteiger partial charge in [-0.25, -0.2) is 0 Å². The summed E-state index contributed by atoms with van der Waals surface area (Å²) in [4.78, 5) is 0. The van der Waals surface area contributed by atoms with Crippen LogP contribution in [0.25, 0.3) is 0 Å². The van der Waals surface area contributed by atoms with Gasteiger partial charge in [0.05, 0.1) is 18.2 Å². The van der Waals surface area contributed by atoms with Crippen LogP contribution >= 0.6 is 0 Å². The highest BCUT2D eigenvalue weighted by Gasteiger charge is 2.10. The standard InChI is InChI=1S/C15H15N3O/c16-7-1-4-12-10-13(5-2-8-17)15(19)14(11-12)6-3-9-18/h10-11,19H,1-6H2. The number of nitrogens with zero attached hydrogens (tertiary/aromatic N) is 3. The van der Waals surface area contributed by atoms with Gasteiger partial charge >= 0.3 is 0 Å². The molecule has 0 unspecified atom stereocenters. The molecule has 0 amide bonds. The van der Waals surface area contributed by atoms with E-state index in [2.05, 4.69) is 18.2 Å². The fraction of sp³-hybridized carbons (Fsp3) is 0.400. The average molecular weight is 253 g/mol. The van der Waals surface area contributed by atoms with E-state index in [0.29, 0.717) is 38.5 Å². The van der Waals surface area contributed by atoms with E-state index in [1.807, 2.05) is 12.1 Å². The van der Waals surface area contributed by atoms with Crippen molar-refractivity contribution in [3.8, 4) is 24.0 Å². The molecule has 0 fully saturated rings. The highest BCUT2D eigenvalue weighted by atomic mass is 16.3. The van der Waals surface area contributed by atoms with Crippen LogP contribution in [0.2, 0.25) is 0 Å². The highest BCUT2D eigenvalue weighted by Crippen LogP contribution is 2.27. The number of rotatable bonds is 6. The largest absolute Gasteiger partial charge is 0.507 e. The Morgan fingerprint density at radius 1 is 0.789 bits per heavy atom. The Bertz CT molecular complexity index is 519. The summed E-state index contributed by atoms with van der Waals surface area (Å²) in [6.45, 7) is 0. The molecule has 0 aliphatic carbocycles. The van der Waals surface area contributed by atoms with Gasteiger partial charge in [0.1, 0.15) is 5.75 Å². The van der Waals surface area contributed by atoms with Crippen molar-refractivity contribution >= 4 is 0 Å². The van der Waals surface area contributed by atoms with Gasteiger partial charge in [-0.15, -0.1) is 0 Å². The third-order valence-electron chi connectivity index (χ3n) is 2.87. The molecule has 19 heavy (non-hydrogen) atoms. The Morgan fingerprint density at radius 2 is 1.21 bits per heavy atom. The van der Waals surface area contributed by atoms with Gasteiger partial charge in [-0.2, -0.15) is 15.8 Å². The molecule has 0 saturated heterocycles. The van der Waals surface area contributed by atoms with Crippen molar-refractivity contribution in [2.24, 2.45) is 0 Å². The number of phenols is 1. The van der Waals surface area contributed by atoms with Crippen molar-refractivity contribution in [2.75, 3.05) is 0 Å². The Kier molecular flexibility index (Phi) is 5.93. The molecule has 0 heterocycles. The first-order valence-electron chi connectivity index (χ1n) is 6.17. The molecular weight excluding hydrogens is 238 g/mol. The quantitative estimate of drug-likeness (QED) is 0.843. The average Bonchev–Trinajstić information content (AvgIpc) is 2.43. The number of aryl methyl sites for hydroxylation is 3. The SMILES string of the molecule is N#CCCc1cc(CCC#N)c(O)c(CCC#N)c1. The minimum Gasteiger partial charge on any atom is -0.507 e. The summed E-state index contributed by atoms with van der Waals surface area (Å²) in [5, 5.41) is 36.0. The minimum absolute atomic E-state index is 0.186. The van der Waals surface area contributed by atoms with Gasteiger partial charge in [-0.3, -0.25) is 0 Å². The van der Waals surface area contributed by atoms with Crippen LogP contribution in [0.5, 0.6) is 5.75 Å². The lowest BCUT2D eigenvalue weighted by Crippen LogP contribution is -1.96. The number of benzene rings is 1. The van der Waals surface area contributed by atoms with Gasteiger partial charge < -0.3 is 5.11 Å². The zero-order valence-electron chi connectivity index (χ0n) is 10.7. The van der Waals surface area contributed by atoms with E-state index in [1.165, 1.54) is 0 Å². The van der Waals surface area contributed by atoms with E-state index in [0.717, 1.165) is 16.7 Å². The number of hydrogen-bond acceptors (Lipinski definition) is 4. The normalized spacial score (nSPS) is 9.32. The van der Waals surface area contributed by atoms with Crippen LogP contribution < -0.4 is 0 Å². The van der Waals surface area contributed by atoms with Gasteiger partial charge in [0, 0.05) is 19.3 Å². The zero-order valence-corrected chi connectivity index (χ0v) is 10.7. The number of aromatic hydroxyl groups is 1. The molecule has 0 aliphatic rings. The maximum absolute atomic E-state index is 10.1. The summed E-state index contributed by atoms with van der Waals surface area (Å²) in [5.41, 5.74) is 2.43. The molecule has 0 aliphatic heterocycles. The van der Waals surface area contributed by atoms with Gasteiger partial charge in [0.25, 0.3) is 0 Å². The van der Waals surface area contributed by atoms with Gasteiger partial charge in [0.15, 0.2) is 0 Å². The maximum Gasteiger partial charge on any atom is 0.122 e. The van der Waals surface area contributed by atoms with Crippen molar-refractivity contribution in [2.45, 2.75) is 38.5 Å². The third-order valence-corrected chi connectivity index (χ3v) is 2.87.